The fraction of sp³-hybridized carbons (Fsp3) is 0.429. The lowest BCUT2D eigenvalue weighted by Crippen LogP contribution is -2.22. The quantitative estimate of drug-likeness (QED) is 0.932. The van der Waals surface area contributed by atoms with Gasteiger partial charge in [0, 0.05) is 10.4 Å². The molecule has 5 nitrogen and oxygen atoms in total. The topological polar surface area (TPSA) is 66.0 Å². The molecule has 21 heavy (non-hydrogen) atoms. The Bertz CT molecular complexity index is 634. The van der Waals surface area contributed by atoms with E-state index in [1.165, 1.54) is 0 Å². The van der Waals surface area contributed by atoms with Crippen LogP contribution in [0.1, 0.15) is 26.5 Å². The summed E-state index contributed by atoms with van der Waals surface area (Å²) in [5.41, 5.74) is 6.64. The van der Waals surface area contributed by atoms with Crippen molar-refractivity contribution in [3.63, 3.8) is 0 Å². The van der Waals surface area contributed by atoms with Gasteiger partial charge in [-0.1, -0.05) is 49.2 Å². The van der Waals surface area contributed by atoms with E-state index in [4.69, 9.17) is 33.7 Å². The van der Waals surface area contributed by atoms with Crippen molar-refractivity contribution in [1.29, 1.82) is 0 Å². The molecule has 0 unspecified atom stereocenters. The van der Waals surface area contributed by atoms with Gasteiger partial charge >= 0.3 is 0 Å². The van der Waals surface area contributed by atoms with E-state index >= 15 is 0 Å². The van der Waals surface area contributed by atoms with E-state index in [9.17, 15) is 0 Å². The number of anilines is 1. The van der Waals surface area contributed by atoms with Crippen molar-refractivity contribution in [2.24, 2.45) is 0 Å². The van der Waals surface area contributed by atoms with Crippen molar-refractivity contribution in [3.8, 4) is 5.75 Å². The molecule has 2 N–H and O–H groups in total. The molecule has 2 rings (SSSR count). The zero-order chi connectivity index (χ0) is 15.6. The van der Waals surface area contributed by atoms with Crippen LogP contribution in [-0.4, -0.2) is 21.6 Å². The maximum absolute atomic E-state index is 6.06. The van der Waals surface area contributed by atoms with Crippen LogP contribution in [0.2, 0.25) is 10.0 Å². The maximum atomic E-state index is 6.06. The number of hydrogen-bond acceptors (Lipinski definition) is 4. The smallest absolute Gasteiger partial charge is 0.169 e. The number of aromatic nitrogens is 3. The summed E-state index contributed by atoms with van der Waals surface area (Å²) >= 11 is 11.9. The first kappa shape index (κ1) is 15.9. The van der Waals surface area contributed by atoms with Crippen molar-refractivity contribution in [2.45, 2.75) is 32.7 Å². The number of benzene rings is 1. The van der Waals surface area contributed by atoms with Gasteiger partial charge in [-0.2, -0.15) is 0 Å². The highest BCUT2D eigenvalue weighted by Gasteiger charge is 2.23. The molecule has 0 atom stereocenters. The second-order valence-electron chi connectivity index (χ2n) is 5.72. The Labute approximate surface area is 134 Å². The highest BCUT2D eigenvalue weighted by atomic mass is 35.5. The molecule has 1 aromatic heterocycles. The molecule has 0 spiro atoms. The zero-order valence-corrected chi connectivity index (χ0v) is 13.7. The molecule has 114 valence electrons. The SMILES string of the molecule is CC(C)(C)c1c(N)nnn1CCOc1ccc(Cl)cc1Cl. The number of nitrogens with two attached hydrogens (primary N) is 1. The van der Waals surface area contributed by atoms with Gasteiger partial charge in [0.05, 0.1) is 17.3 Å². The predicted molar refractivity (Wildman–Crippen MR) is 85.1 cm³/mol. The molecule has 0 saturated heterocycles. The summed E-state index contributed by atoms with van der Waals surface area (Å²) < 4.78 is 7.42. The lowest BCUT2D eigenvalue weighted by Gasteiger charge is -2.20. The van der Waals surface area contributed by atoms with Crippen LogP contribution >= 0.6 is 23.2 Å². The molecule has 0 aliphatic heterocycles. The predicted octanol–water partition coefficient (Wildman–Crippen LogP) is 3.54. The van der Waals surface area contributed by atoms with Gasteiger partial charge in [-0.15, -0.1) is 5.10 Å². The lowest BCUT2D eigenvalue weighted by atomic mass is 9.92. The van der Waals surface area contributed by atoms with Crippen molar-refractivity contribution in [1.82, 2.24) is 15.0 Å². The van der Waals surface area contributed by atoms with Crippen molar-refractivity contribution in [3.05, 3.63) is 33.9 Å². The molecule has 7 heteroatoms. The van der Waals surface area contributed by atoms with Gasteiger partial charge < -0.3 is 10.5 Å². The second-order valence-corrected chi connectivity index (χ2v) is 6.56. The van der Waals surface area contributed by atoms with Gasteiger partial charge in [-0.05, 0) is 18.2 Å². The molecular formula is C14H18Cl2N4O. The molecule has 0 amide bonds. The van der Waals surface area contributed by atoms with E-state index in [1.54, 1.807) is 22.9 Å². The Hall–Kier alpha value is -1.46. The maximum Gasteiger partial charge on any atom is 0.169 e. The Morgan fingerprint density at radius 3 is 2.62 bits per heavy atom. The van der Waals surface area contributed by atoms with E-state index in [-0.39, 0.29) is 5.41 Å². The Kier molecular flexibility index (Phi) is 4.64. The first-order valence-corrected chi connectivity index (χ1v) is 7.32. The summed E-state index contributed by atoms with van der Waals surface area (Å²) in [6.45, 7) is 7.14. The third-order valence-electron chi connectivity index (χ3n) is 2.93. The second kappa shape index (κ2) is 6.12. The number of hydrogen-bond donors (Lipinski definition) is 1. The fourth-order valence-electron chi connectivity index (χ4n) is 2.09. The number of nitrogen functional groups attached to an aromatic ring is 1. The molecule has 1 heterocycles. The highest BCUT2D eigenvalue weighted by Crippen LogP contribution is 2.28. The molecule has 0 radical (unpaired) electrons. The lowest BCUT2D eigenvalue weighted by molar-refractivity contribution is 0.284. The summed E-state index contributed by atoms with van der Waals surface area (Å²) in [7, 11) is 0. The van der Waals surface area contributed by atoms with E-state index in [0.29, 0.717) is 34.8 Å². The van der Waals surface area contributed by atoms with Crippen LogP contribution in [0.4, 0.5) is 5.82 Å². The fourth-order valence-corrected chi connectivity index (χ4v) is 2.55. The van der Waals surface area contributed by atoms with Crippen LogP contribution in [0, 0.1) is 0 Å². The van der Waals surface area contributed by atoms with Gasteiger partial charge in [0.25, 0.3) is 0 Å². The molecule has 0 aliphatic rings. The molecule has 0 bridgehead atoms. The minimum absolute atomic E-state index is 0.133. The van der Waals surface area contributed by atoms with Crippen LogP contribution in [0.5, 0.6) is 5.75 Å². The van der Waals surface area contributed by atoms with Crippen LogP contribution in [0.15, 0.2) is 18.2 Å². The van der Waals surface area contributed by atoms with Crippen molar-refractivity contribution in [2.75, 3.05) is 12.3 Å². The summed E-state index contributed by atoms with van der Waals surface area (Å²) in [6, 6.07) is 5.12. The molecule has 0 saturated carbocycles. The molecular weight excluding hydrogens is 311 g/mol. The minimum Gasteiger partial charge on any atom is -0.490 e. The Morgan fingerprint density at radius 1 is 1.29 bits per heavy atom. The Morgan fingerprint density at radius 2 is 2.00 bits per heavy atom. The highest BCUT2D eigenvalue weighted by molar-refractivity contribution is 6.35. The number of halogens is 2. The summed E-state index contributed by atoms with van der Waals surface area (Å²) in [6.07, 6.45) is 0. The van der Waals surface area contributed by atoms with E-state index in [1.807, 2.05) is 0 Å². The largest absolute Gasteiger partial charge is 0.490 e. The van der Waals surface area contributed by atoms with Gasteiger partial charge in [-0.3, -0.25) is 0 Å². The first-order chi connectivity index (χ1) is 9.79. The summed E-state index contributed by atoms with van der Waals surface area (Å²) in [4.78, 5) is 0. The van der Waals surface area contributed by atoms with E-state index < -0.39 is 0 Å². The third-order valence-corrected chi connectivity index (χ3v) is 3.46. The molecule has 1 aromatic carbocycles. The minimum atomic E-state index is -0.133. The molecule has 0 aliphatic carbocycles. The standard InChI is InChI=1S/C14H18Cl2N4O/c1-14(2,3)12-13(17)18-19-20(12)6-7-21-11-5-4-9(15)8-10(11)16/h4-5,8H,6-7,17H2,1-3H3. The monoisotopic (exact) mass is 328 g/mol. The van der Waals surface area contributed by atoms with Crippen LogP contribution < -0.4 is 10.5 Å². The average molecular weight is 329 g/mol. The summed E-state index contributed by atoms with van der Waals surface area (Å²) in [5, 5.41) is 9.05. The van der Waals surface area contributed by atoms with Gasteiger partial charge in [0.1, 0.15) is 12.4 Å². The van der Waals surface area contributed by atoms with Crippen molar-refractivity contribution >= 4 is 29.0 Å². The van der Waals surface area contributed by atoms with Crippen molar-refractivity contribution < 1.29 is 4.74 Å². The van der Waals surface area contributed by atoms with Crippen LogP contribution in [0.25, 0.3) is 0 Å². The first-order valence-electron chi connectivity index (χ1n) is 6.56. The van der Waals surface area contributed by atoms with Crippen LogP contribution in [-0.2, 0) is 12.0 Å². The third kappa shape index (κ3) is 3.80. The number of nitrogens with zero attached hydrogens (tertiary/aromatic N) is 3. The normalized spacial score (nSPS) is 11.7. The van der Waals surface area contributed by atoms with Crippen LogP contribution in [0.3, 0.4) is 0 Å². The molecule has 2 aromatic rings. The average Bonchev–Trinajstić information content (AvgIpc) is 2.73. The number of rotatable bonds is 4. The Balaban J connectivity index is 2.04. The summed E-state index contributed by atoms with van der Waals surface area (Å²) in [5.74, 6) is 1.04. The van der Waals surface area contributed by atoms with E-state index in [0.717, 1.165) is 5.69 Å². The number of ether oxygens (including phenoxy) is 1. The molecule has 0 fully saturated rings. The van der Waals surface area contributed by atoms with Gasteiger partial charge in [0.15, 0.2) is 5.82 Å². The van der Waals surface area contributed by atoms with E-state index in [2.05, 4.69) is 31.1 Å². The van der Waals surface area contributed by atoms with Gasteiger partial charge in [0.2, 0.25) is 0 Å². The van der Waals surface area contributed by atoms with Gasteiger partial charge in [-0.25, -0.2) is 4.68 Å². The zero-order valence-electron chi connectivity index (χ0n) is 12.2.